The molecule has 2 atom stereocenters. The van der Waals surface area contributed by atoms with Gasteiger partial charge in [-0.3, -0.25) is 14.3 Å². The highest BCUT2D eigenvalue weighted by atomic mass is 32.2. The molecule has 12 heteroatoms. The Balaban J connectivity index is 1.79. The van der Waals surface area contributed by atoms with E-state index in [1.54, 1.807) is 12.1 Å². The van der Waals surface area contributed by atoms with E-state index in [1.165, 1.54) is 24.3 Å². The number of hydrogen-bond acceptors (Lipinski definition) is 8. The summed E-state index contributed by atoms with van der Waals surface area (Å²) in [6.45, 7) is 5.88. The van der Waals surface area contributed by atoms with Crippen molar-refractivity contribution in [3.8, 4) is 0 Å². The fourth-order valence-electron chi connectivity index (χ4n) is 4.35. The van der Waals surface area contributed by atoms with Gasteiger partial charge in [0, 0.05) is 16.8 Å². The van der Waals surface area contributed by atoms with E-state index in [4.69, 9.17) is 0 Å². The van der Waals surface area contributed by atoms with E-state index >= 15 is 0 Å². The number of Topliss-reactive ketones (excluding diaryl/α,β-unsaturated/α-hetero) is 2. The van der Waals surface area contributed by atoms with Crippen molar-refractivity contribution in [1.82, 2.24) is 0 Å². The molecule has 1 aliphatic carbocycles. The van der Waals surface area contributed by atoms with Gasteiger partial charge in [0.15, 0.2) is 11.6 Å². The van der Waals surface area contributed by atoms with Crippen LogP contribution < -0.4 is 10.0 Å². The summed E-state index contributed by atoms with van der Waals surface area (Å²) >= 11 is 0. The van der Waals surface area contributed by atoms with Crippen LogP contribution in [0.1, 0.15) is 49.5 Å². The smallest absolute Gasteiger partial charge is 0.286 e. The summed E-state index contributed by atoms with van der Waals surface area (Å²) in [5.74, 6) is -3.60. The summed E-state index contributed by atoms with van der Waals surface area (Å²) in [6, 6.07) is 10.00. The first-order valence-corrected chi connectivity index (χ1v) is 14.5. The predicted molar refractivity (Wildman–Crippen MR) is 135 cm³/mol. The van der Waals surface area contributed by atoms with Crippen molar-refractivity contribution in [2.75, 3.05) is 16.3 Å². The number of ketones is 2. The molecule has 0 fully saturated rings. The zero-order valence-corrected chi connectivity index (χ0v) is 21.8. The maximum Gasteiger partial charge on any atom is 0.286 e. The Hall–Kier alpha value is -3.09. The fraction of sp³-hybridized carbons (Fsp3) is 0.375. The highest BCUT2D eigenvalue weighted by molar-refractivity contribution is 7.92. The highest BCUT2D eigenvalue weighted by Crippen LogP contribution is 2.42. The van der Waals surface area contributed by atoms with Crippen molar-refractivity contribution in [2.45, 2.75) is 44.1 Å². The minimum atomic E-state index is -4.41. The lowest BCUT2D eigenvalue weighted by Crippen LogP contribution is -2.53. The minimum Gasteiger partial charge on any atom is -0.377 e. The predicted octanol–water partition coefficient (Wildman–Crippen LogP) is 2.67. The number of nitrogens with one attached hydrogen (secondary N) is 2. The molecule has 3 N–H and O–H groups in total. The molecule has 0 aromatic heterocycles. The summed E-state index contributed by atoms with van der Waals surface area (Å²) in [6.07, 6.45) is 1.42. The molecular weight excluding hydrogens is 506 g/mol. The number of carbonyl (C=O) groups is 2. The summed E-state index contributed by atoms with van der Waals surface area (Å²) in [5.41, 5.74) is -1.88. The molecule has 0 saturated carbocycles. The Morgan fingerprint density at radius 1 is 1.14 bits per heavy atom. The first kappa shape index (κ1) is 26.0. The van der Waals surface area contributed by atoms with Crippen LogP contribution in [0.3, 0.4) is 0 Å². The van der Waals surface area contributed by atoms with Gasteiger partial charge in [0.1, 0.15) is 22.3 Å². The average molecular weight is 534 g/mol. The van der Waals surface area contributed by atoms with Crippen LogP contribution in [0.5, 0.6) is 0 Å². The van der Waals surface area contributed by atoms with Crippen LogP contribution in [0, 0.1) is 11.3 Å². The average Bonchev–Trinajstić information content (AvgIpc) is 2.75. The lowest BCUT2D eigenvalue weighted by atomic mass is 9.68. The molecule has 0 spiro atoms. The second-order valence-electron chi connectivity index (χ2n) is 10.3. The zero-order chi connectivity index (χ0) is 26.7. The zero-order valence-electron chi connectivity index (χ0n) is 20.2. The Morgan fingerprint density at radius 3 is 2.44 bits per heavy atom. The molecule has 1 heterocycles. The molecule has 0 saturated heterocycles. The van der Waals surface area contributed by atoms with Gasteiger partial charge in [0.2, 0.25) is 10.0 Å². The Kier molecular flexibility index (Phi) is 6.13. The van der Waals surface area contributed by atoms with Gasteiger partial charge in [-0.15, -0.1) is 4.40 Å². The van der Waals surface area contributed by atoms with Gasteiger partial charge in [-0.1, -0.05) is 45.0 Å². The second-order valence-corrected chi connectivity index (χ2v) is 13.6. The number of amidine groups is 1. The summed E-state index contributed by atoms with van der Waals surface area (Å²) in [5, 5.41) is 14.4. The molecule has 10 nitrogen and oxygen atoms in total. The maximum absolute atomic E-state index is 13.7. The van der Waals surface area contributed by atoms with Crippen LogP contribution >= 0.6 is 0 Å². The van der Waals surface area contributed by atoms with E-state index in [2.05, 4.69) is 14.4 Å². The molecule has 0 amide bonds. The minimum absolute atomic E-state index is 0.00979. The number of fused-ring (bicyclic) bond motifs is 2. The highest BCUT2D eigenvalue weighted by Gasteiger charge is 2.53. The van der Waals surface area contributed by atoms with Crippen LogP contribution in [0.15, 0.2) is 51.8 Å². The molecule has 0 bridgehead atoms. The molecule has 1 aliphatic heterocycles. The quantitative estimate of drug-likeness (QED) is 0.495. The van der Waals surface area contributed by atoms with E-state index in [9.17, 15) is 31.5 Å². The number of carbonyl (C=O) groups excluding carboxylic acids is 2. The Labute approximate surface area is 209 Å². The van der Waals surface area contributed by atoms with E-state index in [1.807, 2.05) is 20.8 Å². The normalized spacial score (nSPS) is 23.2. The Bertz CT molecular complexity index is 1520. The lowest BCUT2D eigenvalue weighted by molar-refractivity contribution is -0.141. The first-order valence-electron chi connectivity index (χ1n) is 11.2. The van der Waals surface area contributed by atoms with Crippen molar-refractivity contribution >= 4 is 48.8 Å². The van der Waals surface area contributed by atoms with Crippen LogP contribution in [-0.2, 0) is 30.4 Å². The third kappa shape index (κ3) is 4.80. The third-order valence-corrected chi connectivity index (χ3v) is 8.06. The molecule has 192 valence electrons. The summed E-state index contributed by atoms with van der Waals surface area (Å²) < 4.78 is 55.0. The second kappa shape index (κ2) is 8.49. The number of nitrogens with zero attached hydrogens (tertiary/aromatic N) is 1. The van der Waals surface area contributed by atoms with E-state index in [0.717, 1.165) is 12.3 Å². The van der Waals surface area contributed by atoms with Gasteiger partial charge in [-0.25, -0.2) is 8.42 Å². The topological polar surface area (TPSA) is 159 Å². The molecule has 2 unspecified atom stereocenters. The van der Waals surface area contributed by atoms with Crippen LogP contribution in [-0.4, -0.2) is 45.6 Å². The van der Waals surface area contributed by atoms with Crippen LogP contribution in [0.4, 0.5) is 11.4 Å². The van der Waals surface area contributed by atoms with Gasteiger partial charge in [0.25, 0.3) is 10.0 Å². The van der Waals surface area contributed by atoms with E-state index < -0.39 is 49.0 Å². The van der Waals surface area contributed by atoms with Crippen molar-refractivity contribution in [3.63, 3.8) is 0 Å². The Morgan fingerprint density at radius 2 is 1.81 bits per heavy atom. The summed E-state index contributed by atoms with van der Waals surface area (Å²) in [4.78, 5) is 26.8. The monoisotopic (exact) mass is 533 g/mol. The molecule has 4 rings (SSSR count). The van der Waals surface area contributed by atoms with Crippen molar-refractivity contribution in [1.29, 1.82) is 0 Å². The van der Waals surface area contributed by atoms with Crippen molar-refractivity contribution in [3.05, 3.63) is 53.6 Å². The first-order chi connectivity index (χ1) is 16.5. The molecule has 2 aromatic carbocycles. The molecular formula is C24H27N3O7S2. The number of rotatable bonds is 5. The van der Waals surface area contributed by atoms with Crippen LogP contribution in [0.25, 0.3) is 0 Å². The van der Waals surface area contributed by atoms with Gasteiger partial charge in [-0.05, 0) is 36.5 Å². The lowest BCUT2D eigenvalue weighted by Gasteiger charge is -2.38. The number of hydrogen-bond donors (Lipinski definition) is 3. The molecule has 2 aromatic rings. The van der Waals surface area contributed by atoms with Gasteiger partial charge >= 0.3 is 0 Å². The number of anilines is 2. The molecule has 36 heavy (non-hydrogen) atoms. The number of benzene rings is 2. The number of sulfonamides is 2. The van der Waals surface area contributed by atoms with Crippen molar-refractivity contribution < 1.29 is 31.5 Å². The van der Waals surface area contributed by atoms with Gasteiger partial charge in [0.05, 0.1) is 11.9 Å². The van der Waals surface area contributed by atoms with Gasteiger partial charge in [-0.2, -0.15) is 8.42 Å². The molecule has 2 aliphatic rings. The van der Waals surface area contributed by atoms with Crippen molar-refractivity contribution in [2.24, 2.45) is 15.7 Å². The van der Waals surface area contributed by atoms with E-state index in [-0.39, 0.29) is 39.2 Å². The number of aliphatic hydroxyl groups is 1. The standard InChI is InChI=1S/C24H27N3O7S2/c1-23(2,3)11-12-24(30)16-8-6-5-7-15(16)20(28)19(21(24)29)22-25-17-10-9-14(26-35(4,31)32)13-18(17)36(33,34)27-22/h5-10,13,19,26,30H,11-12H2,1-4H3,(H,25,27). The van der Waals surface area contributed by atoms with E-state index in [0.29, 0.717) is 6.42 Å². The fourth-order valence-corrected chi connectivity index (χ4v) is 6.08. The third-order valence-electron chi connectivity index (χ3n) is 6.12. The maximum atomic E-state index is 13.7. The summed E-state index contributed by atoms with van der Waals surface area (Å²) in [7, 11) is -8.07. The SMILES string of the molecule is CC(C)(C)CCC1(O)C(=O)C(C2=NS(=O)(=O)c3cc(NS(C)(=O)=O)ccc3N2)C(=O)c2ccccc21. The van der Waals surface area contributed by atoms with Crippen LogP contribution in [0.2, 0.25) is 0 Å². The van der Waals surface area contributed by atoms with Gasteiger partial charge < -0.3 is 10.4 Å². The molecule has 0 radical (unpaired) electrons. The largest absolute Gasteiger partial charge is 0.377 e.